The minimum atomic E-state index is 0.0341. The van der Waals surface area contributed by atoms with Gasteiger partial charge in [-0.1, -0.05) is 18.2 Å². The predicted octanol–water partition coefficient (Wildman–Crippen LogP) is 4.16. The van der Waals surface area contributed by atoms with Crippen LogP contribution in [0.3, 0.4) is 0 Å². The number of aromatic nitrogens is 2. The average Bonchev–Trinajstić information content (AvgIpc) is 3.48. The molecule has 2 N–H and O–H groups in total. The molecule has 152 valence electrons. The molecule has 0 radical (unpaired) electrons. The van der Waals surface area contributed by atoms with E-state index in [1.54, 1.807) is 18.4 Å². The molecule has 0 saturated carbocycles. The van der Waals surface area contributed by atoms with Crippen molar-refractivity contribution in [2.45, 2.75) is 31.8 Å². The SMILES string of the molecule is COc1cccc(-c2cnc([C@@H]3CCCN3CC(=O)N[C@H](C)c3cccs3)[nH]2)c1. The lowest BCUT2D eigenvalue weighted by Gasteiger charge is -2.23. The number of thiophene rings is 1. The first-order valence-electron chi connectivity index (χ1n) is 9.90. The second-order valence-electron chi connectivity index (χ2n) is 7.35. The van der Waals surface area contributed by atoms with Gasteiger partial charge in [-0.15, -0.1) is 11.3 Å². The number of imidazole rings is 1. The normalized spacial score (nSPS) is 17.9. The number of carbonyl (C=O) groups excluding carboxylic acids is 1. The smallest absolute Gasteiger partial charge is 0.234 e. The molecule has 4 rings (SSSR count). The summed E-state index contributed by atoms with van der Waals surface area (Å²) >= 11 is 1.66. The van der Waals surface area contributed by atoms with E-state index in [9.17, 15) is 4.79 Å². The van der Waals surface area contributed by atoms with E-state index in [2.05, 4.69) is 26.3 Å². The molecular weight excluding hydrogens is 384 g/mol. The molecule has 0 aliphatic carbocycles. The van der Waals surface area contributed by atoms with Crippen LogP contribution in [0.4, 0.5) is 0 Å². The minimum absolute atomic E-state index is 0.0341. The summed E-state index contributed by atoms with van der Waals surface area (Å²) in [7, 11) is 1.66. The van der Waals surface area contributed by atoms with Crippen molar-refractivity contribution in [2.75, 3.05) is 20.2 Å². The van der Waals surface area contributed by atoms with Crippen LogP contribution in [0.1, 0.15) is 42.6 Å². The summed E-state index contributed by atoms with van der Waals surface area (Å²) in [5.74, 6) is 1.79. The van der Waals surface area contributed by atoms with Gasteiger partial charge in [-0.3, -0.25) is 9.69 Å². The Labute approximate surface area is 174 Å². The third-order valence-electron chi connectivity index (χ3n) is 5.35. The van der Waals surface area contributed by atoms with Crippen molar-refractivity contribution in [2.24, 2.45) is 0 Å². The molecule has 1 amide bonds. The topological polar surface area (TPSA) is 70.2 Å². The molecule has 2 aromatic heterocycles. The lowest BCUT2D eigenvalue weighted by molar-refractivity contribution is -0.123. The highest BCUT2D eigenvalue weighted by molar-refractivity contribution is 7.10. The lowest BCUT2D eigenvalue weighted by Crippen LogP contribution is -2.38. The molecule has 3 heterocycles. The fraction of sp³-hybridized carbons (Fsp3) is 0.364. The molecule has 0 spiro atoms. The maximum absolute atomic E-state index is 12.6. The van der Waals surface area contributed by atoms with Gasteiger partial charge < -0.3 is 15.0 Å². The van der Waals surface area contributed by atoms with Crippen LogP contribution in [0.2, 0.25) is 0 Å². The van der Waals surface area contributed by atoms with Crippen LogP contribution in [-0.2, 0) is 4.79 Å². The fourth-order valence-corrected chi connectivity index (χ4v) is 4.58. The van der Waals surface area contributed by atoms with Crippen molar-refractivity contribution in [3.05, 3.63) is 58.7 Å². The number of nitrogens with zero attached hydrogens (tertiary/aromatic N) is 2. The zero-order chi connectivity index (χ0) is 20.2. The van der Waals surface area contributed by atoms with Gasteiger partial charge in [0.25, 0.3) is 0 Å². The number of amides is 1. The van der Waals surface area contributed by atoms with Gasteiger partial charge in [-0.25, -0.2) is 4.98 Å². The number of hydrogen-bond donors (Lipinski definition) is 2. The number of carbonyl (C=O) groups is 1. The number of likely N-dealkylation sites (tertiary alicyclic amines) is 1. The maximum Gasteiger partial charge on any atom is 0.234 e. The highest BCUT2D eigenvalue weighted by Crippen LogP contribution is 2.31. The molecule has 7 heteroatoms. The number of hydrogen-bond acceptors (Lipinski definition) is 5. The number of H-pyrrole nitrogens is 1. The molecule has 1 aromatic carbocycles. The lowest BCUT2D eigenvalue weighted by atomic mass is 10.1. The van der Waals surface area contributed by atoms with Gasteiger partial charge in [0.2, 0.25) is 5.91 Å². The summed E-state index contributed by atoms with van der Waals surface area (Å²) in [6.45, 7) is 3.31. The van der Waals surface area contributed by atoms with Crippen molar-refractivity contribution in [1.82, 2.24) is 20.2 Å². The number of aromatic amines is 1. The summed E-state index contributed by atoms with van der Waals surface area (Å²) < 4.78 is 5.32. The van der Waals surface area contributed by atoms with Crippen LogP contribution in [0.15, 0.2) is 48.0 Å². The number of methoxy groups -OCH3 is 1. The minimum Gasteiger partial charge on any atom is -0.497 e. The van der Waals surface area contributed by atoms with E-state index in [1.807, 2.05) is 48.8 Å². The summed E-state index contributed by atoms with van der Waals surface area (Å²) in [6, 6.07) is 12.1. The molecule has 6 nitrogen and oxygen atoms in total. The highest BCUT2D eigenvalue weighted by atomic mass is 32.1. The Balaban J connectivity index is 1.42. The van der Waals surface area contributed by atoms with Crippen LogP contribution in [0, 0.1) is 0 Å². The van der Waals surface area contributed by atoms with Crippen molar-refractivity contribution >= 4 is 17.2 Å². The van der Waals surface area contributed by atoms with E-state index >= 15 is 0 Å². The van der Waals surface area contributed by atoms with Gasteiger partial charge in [0.1, 0.15) is 11.6 Å². The van der Waals surface area contributed by atoms with Crippen molar-refractivity contribution in [3.8, 4) is 17.0 Å². The van der Waals surface area contributed by atoms with E-state index in [0.29, 0.717) is 6.54 Å². The molecule has 1 saturated heterocycles. The molecular formula is C22H26N4O2S. The van der Waals surface area contributed by atoms with Crippen LogP contribution >= 0.6 is 11.3 Å². The first-order valence-corrected chi connectivity index (χ1v) is 10.8. The third-order valence-corrected chi connectivity index (χ3v) is 6.40. The summed E-state index contributed by atoms with van der Waals surface area (Å²) in [5.41, 5.74) is 2.00. The van der Waals surface area contributed by atoms with Crippen LogP contribution in [0.5, 0.6) is 5.75 Å². The standard InChI is InChI=1S/C22H26N4O2S/c1-15(20-9-5-11-29-20)24-21(27)14-26-10-4-8-19(26)22-23-13-18(25-22)16-6-3-7-17(12-16)28-2/h3,5-7,9,11-13,15,19H,4,8,10,14H2,1-2H3,(H,23,25)(H,24,27)/t15-,19+/m1/s1. The van der Waals surface area contributed by atoms with Crippen LogP contribution in [0.25, 0.3) is 11.3 Å². The van der Waals surface area contributed by atoms with Crippen molar-refractivity contribution in [3.63, 3.8) is 0 Å². The molecule has 0 unspecified atom stereocenters. The average molecular weight is 411 g/mol. The zero-order valence-corrected chi connectivity index (χ0v) is 17.5. The Hall–Kier alpha value is -2.64. The van der Waals surface area contributed by atoms with Gasteiger partial charge >= 0.3 is 0 Å². The second-order valence-corrected chi connectivity index (χ2v) is 8.33. The first-order chi connectivity index (χ1) is 14.1. The fourth-order valence-electron chi connectivity index (χ4n) is 3.85. The Bertz CT molecular complexity index is 953. The first kappa shape index (κ1) is 19.7. The van der Waals surface area contributed by atoms with Crippen molar-refractivity contribution in [1.29, 1.82) is 0 Å². The van der Waals surface area contributed by atoms with Crippen molar-refractivity contribution < 1.29 is 9.53 Å². The highest BCUT2D eigenvalue weighted by Gasteiger charge is 2.30. The van der Waals surface area contributed by atoms with Gasteiger partial charge in [-0.2, -0.15) is 0 Å². The van der Waals surface area contributed by atoms with E-state index in [4.69, 9.17) is 4.74 Å². The molecule has 1 fully saturated rings. The molecule has 29 heavy (non-hydrogen) atoms. The van der Waals surface area contributed by atoms with E-state index in [-0.39, 0.29) is 18.0 Å². The monoisotopic (exact) mass is 410 g/mol. The third kappa shape index (κ3) is 4.52. The van der Waals surface area contributed by atoms with E-state index in [0.717, 1.165) is 42.2 Å². The molecule has 3 aromatic rings. The zero-order valence-electron chi connectivity index (χ0n) is 16.7. The molecule has 2 atom stereocenters. The van der Waals surface area contributed by atoms with Crippen LogP contribution in [-0.4, -0.2) is 41.0 Å². The van der Waals surface area contributed by atoms with Gasteiger partial charge in [0.15, 0.2) is 0 Å². The van der Waals surface area contributed by atoms with Gasteiger partial charge in [-0.05, 0) is 49.9 Å². The quantitative estimate of drug-likeness (QED) is 0.614. The number of ether oxygens (including phenoxy) is 1. The second kappa shape index (κ2) is 8.80. The Morgan fingerprint density at radius 2 is 2.31 bits per heavy atom. The molecule has 1 aliphatic heterocycles. The van der Waals surface area contributed by atoms with Crippen LogP contribution < -0.4 is 10.1 Å². The largest absolute Gasteiger partial charge is 0.497 e. The Morgan fingerprint density at radius 1 is 1.41 bits per heavy atom. The Kier molecular flexibility index (Phi) is 5.97. The number of nitrogens with one attached hydrogen (secondary N) is 2. The summed E-state index contributed by atoms with van der Waals surface area (Å²) in [6.07, 6.45) is 3.92. The molecule has 0 bridgehead atoms. The number of benzene rings is 1. The molecule has 1 aliphatic rings. The van der Waals surface area contributed by atoms with E-state index < -0.39 is 0 Å². The Morgan fingerprint density at radius 3 is 3.10 bits per heavy atom. The van der Waals surface area contributed by atoms with Gasteiger partial charge in [0.05, 0.1) is 37.6 Å². The van der Waals surface area contributed by atoms with Gasteiger partial charge in [0, 0.05) is 10.4 Å². The number of rotatable bonds is 7. The predicted molar refractivity (Wildman–Crippen MR) is 115 cm³/mol. The maximum atomic E-state index is 12.6. The van der Waals surface area contributed by atoms with E-state index in [1.165, 1.54) is 4.88 Å². The summed E-state index contributed by atoms with van der Waals surface area (Å²) in [4.78, 5) is 24.0. The summed E-state index contributed by atoms with van der Waals surface area (Å²) in [5, 5.41) is 5.14.